The van der Waals surface area contributed by atoms with Gasteiger partial charge in [0.15, 0.2) is 0 Å². The van der Waals surface area contributed by atoms with Gasteiger partial charge < -0.3 is 18.5 Å². The first kappa shape index (κ1) is 56.3. The van der Waals surface area contributed by atoms with Crippen LogP contribution in [0, 0.1) is 0 Å². The van der Waals surface area contributed by atoms with Crippen molar-refractivity contribution >= 4 is 24.8 Å². The topological polar surface area (TPSA) is 88.1 Å². The minimum absolute atomic E-state index is 0.131. The molecule has 1 rings (SSSR count). The van der Waals surface area contributed by atoms with Crippen LogP contribution in [0.4, 0.5) is 0 Å². The normalized spacial score (nSPS) is 11.7. The van der Waals surface area contributed by atoms with Crippen LogP contribution in [0.5, 0.6) is 0 Å². The molecule has 0 spiro atoms. The number of benzene rings is 1. The lowest BCUT2D eigenvalue weighted by Crippen LogP contribution is -2.18. The molecule has 0 saturated carbocycles. The van der Waals surface area contributed by atoms with Crippen LogP contribution in [0.25, 0.3) is 0 Å². The van der Waals surface area contributed by atoms with E-state index in [2.05, 4.69) is 13.8 Å². The van der Waals surface area contributed by atoms with Crippen LogP contribution in [0.2, 0.25) is 0 Å². The Morgan fingerprint density at radius 2 is 0.600 bits per heavy atom. The highest BCUT2D eigenvalue weighted by atomic mass is 31.2. The summed E-state index contributed by atoms with van der Waals surface area (Å²) in [4.78, 5) is 25.6. The average Bonchev–Trinajstić information content (AvgIpc) is 3.25. The number of carbonyl (C=O) groups is 2. The number of unbranched alkanes of at least 4 members (excludes halogenated alkanes) is 34. The minimum Gasteiger partial charge on any atom is -0.462 e. The van der Waals surface area contributed by atoms with Gasteiger partial charge in [0.05, 0.1) is 42.9 Å². The number of hydrogen-bond acceptors (Lipinski definition) is 7. The van der Waals surface area contributed by atoms with Crippen molar-refractivity contribution in [1.82, 2.24) is 0 Å². The Bertz CT molecular complexity index is 1100. The van der Waals surface area contributed by atoms with Gasteiger partial charge in [-0.1, -0.05) is 232 Å². The summed E-state index contributed by atoms with van der Waals surface area (Å²) in [7, 11) is -3.84. The van der Waals surface area contributed by atoms with Crippen LogP contribution in [0.1, 0.15) is 280 Å². The van der Waals surface area contributed by atoms with Crippen LogP contribution >= 0.6 is 7.60 Å². The molecule has 1 aromatic carbocycles. The van der Waals surface area contributed by atoms with Crippen LogP contribution in [-0.4, -0.2) is 38.4 Å². The molecule has 0 bridgehead atoms. The maximum Gasteiger partial charge on any atom is 0.361 e. The Balaban J connectivity index is 2.46. The standard InChI is InChI=1S/C52H95O7P/c1-5-9-11-13-15-17-19-21-23-25-27-29-31-33-35-37-39-41-43-58-60(55,50-46-48(51(53)56-7-3)45-49(47-50)52(54)57-8-4)59-44-42-40-38-36-34-32-30-28-26-24-22-20-18-16-14-12-10-6-2/h45-47H,5-44H2,1-4H3. The van der Waals surface area contributed by atoms with Gasteiger partial charge >= 0.3 is 19.5 Å². The summed E-state index contributed by atoms with van der Waals surface area (Å²) in [6.07, 6.45) is 46.6. The van der Waals surface area contributed by atoms with Crippen molar-refractivity contribution in [3.05, 3.63) is 29.3 Å². The van der Waals surface area contributed by atoms with E-state index in [9.17, 15) is 14.2 Å². The third kappa shape index (κ3) is 31.2. The zero-order valence-corrected chi connectivity index (χ0v) is 40.7. The van der Waals surface area contributed by atoms with Crippen LogP contribution in [0.3, 0.4) is 0 Å². The Hall–Kier alpha value is -1.69. The molecule has 0 saturated heterocycles. The Morgan fingerprint density at radius 3 is 0.833 bits per heavy atom. The molecule has 0 fully saturated rings. The summed E-state index contributed by atoms with van der Waals surface area (Å²) in [6, 6.07) is 4.41. The van der Waals surface area contributed by atoms with Gasteiger partial charge in [0.2, 0.25) is 0 Å². The van der Waals surface area contributed by atoms with Gasteiger partial charge in [0, 0.05) is 0 Å². The fourth-order valence-electron chi connectivity index (χ4n) is 8.00. The summed E-state index contributed by atoms with van der Waals surface area (Å²) in [5.74, 6) is -1.19. The average molecular weight is 863 g/mol. The number of rotatable bonds is 45. The van der Waals surface area contributed by atoms with E-state index in [0.29, 0.717) is 0 Å². The highest BCUT2D eigenvalue weighted by molar-refractivity contribution is 7.62. The van der Waals surface area contributed by atoms with Gasteiger partial charge in [0.25, 0.3) is 0 Å². The largest absolute Gasteiger partial charge is 0.462 e. The number of esters is 2. The van der Waals surface area contributed by atoms with Gasteiger partial charge in [-0.25, -0.2) is 9.59 Å². The minimum atomic E-state index is -3.84. The molecule has 350 valence electrons. The molecule has 0 atom stereocenters. The maximum atomic E-state index is 14.5. The monoisotopic (exact) mass is 863 g/mol. The van der Waals surface area contributed by atoms with Crippen molar-refractivity contribution < 1.29 is 32.7 Å². The number of hydrogen-bond donors (Lipinski definition) is 0. The lowest BCUT2D eigenvalue weighted by Gasteiger charge is -2.20. The molecule has 0 aliphatic heterocycles. The van der Waals surface area contributed by atoms with Crippen molar-refractivity contribution in [2.75, 3.05) is 26.4 Å². The third-order valence-electron chi connectivity index (χ3n) is 11.8. The predicted molar refractivity (Wildman–Crippen MR) is 255 cm³/mol. The second kappa shape index (κ2) is 41.3. The van der Waals surface area contributed by atoms with Crippen molar-refractivity contribution in [2.24, 2.45) is 0 Å². The second-order valence-electron chi connectivity index (χ2n) is 17.4. The third-order valence-corrected chi connectivity index (χ3v) is 13.7. The van der Waals surface area contributed by atoms with E-state index in [1.54, 1.807) is 13.8 Å². The lowest BCUT2D eigenvalue weighted by atomic mass is 10.0. The molecule has 0 unspecified atom stereocenters. The van der Waals surface area contributed by atoms with Gasteiger partial charge in [0.1, 0.15) is 0 Å². The first-order valence-corrected chi connectivity index (χ1v) is 27.3. The molecule has 0 aromatic heterocycles. The summed E-state index contributed by atoms with van der Waals surface area (Å²) in [5, 5.41) is 0.195. The molecule has 0 aliphatic rings. The number of carbonyl (C=O) groups excluding carboxylic acids is 2. The summed E-state index contributed by atoms with van der Waals surface area (Å²) < 4.78 is 37.2. The zero-order chi connectivity index (χ0) is 43.6. The Kier molecular flexibility index (Phi) is 38.8. The van der Waals surface area contributed by atoms with Gasteiger partial charge in [-0.2, -0.15) is 0 Å². The highest BCUT2D eigenvalue weighted by Gasteiger charge is 2.30. The molecule has 1 aromatic rings. The highest BCUT2D eigenvalue weighted by Crippen LogP contribution is 2.48. The van der Waals surface area contributed by atoms with Crippen molar-refractivity contribution in [3.8, 4) is 0 Å². The van der Waals surface area contributed by atoms with E-state index < -0.39 is 19.5 Å². The molecule has 7 nitrogen and oxygen atoms in total. The van der Waals surface area contributed by atoms with E-state index >= 15 is 0 Å². The molecule has 0 aliphatic carbocycles. The molecule has 0 heterocycles. The zero-order valence-electron chi connectivity index (χ0n) is 39.8. The van der Waals surface area contributed by atoms with E-state index in [1.165, 1.54) is 211 Å². The van der Waals surface area contributed by atoms with E-state index in [4.69, 9.17) is 18.5 Å². The fourth-order valence-corrected chi connectivity index (χ4v) is 9.70. The van der Waals surface area contributed by atoms with E-state index in [-0.39, 0.29) is 42.9 Å². The van der Waals surface area contributed by atoms with Gasteiger partial charge in [-0.15, -0.1) is 0 Å². The summed E-state index contributed by atoms with van der Waals surface area (Å²) >= 11 is 0. The van der Waals surface area contributed by atoms with Crippen LogP contribution < -0.4 is 5.30 Å². The van der Waals surface area contributed by atoms with Crippen molar-refractivity contribution in [3.63, 3.8) is 0 Å². The smallest absolute Gasteiger partial charge is 0.361 e. The van der Waals surface area contributed by atoms with Gasteiger partial charge in [-0.3, -0.25) is 4.57 Å². The molecular formula is C52H95O7P. The first-order valence-electron chi connectivity index (χ1n) is 25.8. The molecule has 60 heavy (non-hydrogen) atoms. The predicted octanol–water partition coefficient (Wildman–Crippen LogP) is 17.0. The molecule has 0 N–H and O–H groups in total. The molecular weight excluding hydrogens is 768 g/mol. The number of ether oxygens (including phenoxy) is 2. The SMILES string of the molecule is CCCCCCCCCCCCCCCCCCCCOP(=O)(OCCCCCCCCCCCCCCCCCCCC)c1cc(C(=O)OCC)cc(C(=O)OCC)c1. The van der Waals surface area contributed by atoms with Gasteiger partial charge in [-0.05, 0) is 44.9 Å². The van der Waals surface area contributed by atoms with Crippen LogP contribution in [-0.2, 0) is 23.1 Å². The first-order chi connectivity index (χ1) is 29.4. The second-order valence-corrected chi connectivity index (χ2v) is 19.4. The lowest BCUT2D eigenvalue weighted by molar-refractivity contribution is 0.0525. The fraction of sp³-hybridized carbons (Fsp3) is 0.846. The van der Waals surface area contributed by atoms with Crippen molar-refractivity contribution in [1.29, 1.82) is 0 Å². The van der Waals surface area contributed by atoms with E-state index in [0.717, 1.165) is 38.5 Å². The van der Waals surface area contributed by atoms with E-state index in [1.807, 2.05) is 0 Å². The van der Waals surface area contributed by atoms with Crippen molar-refractivity contribution in [2.45, 2.75) is 259 Å². The molecule has 8 heteroatoms. The van der Waals surface area contributed by atoms with Crippen LogP contribution in [0.15, 0.2) is 18.2 Å². The Labute approximate surface area is 370 Å². The Morgan fingerprint density at radius 1 is 0.367 bits per heavy atom. The molecule has 0 amide bonds. The molecule has 0 radical (unpaired) electrons. The quantitative estimate of drug-likeness (QED) is 0.0366. The summed E-state index contributed by atoms with van der Waals surface area (Å²) in [5.41, 5.74) is 0.261. The summed E-state index contributed by atoms with van der Waals surface area (Å²) in [6.45, 7) is 8.95. The maximum absolute atomic E-state index is 14.5.